The Labute approximate surface area is 133 Å². The van der Waals surface area contributed by atoms with Gasteiger partial charge in [-0.05, 0) is 25.7 Å². The first-order valence-electron chi connectivity index (χ1n) is 7.62. The molecule has 1 aliphatic carbocycles. The van der Waals surface area contributed by atoms with Crippen LogP contribution >= 0.6 is 0 Å². The van der Waals surface area contributed by atoms with Crippen molar-refractivity contribution in [2.45, 2.75) is 32.0 Å². The number of esters is 1. The smallest absolute Gasteiger partial charge is 0.339 e. The van der Waals surface area contributed by atoms with Gasteiger partial charge in [-0.3, -0.25) is 10.1 Å². The molecule has 0 aromatic carbocycles. The Hall–Kier alpha value is -2.22. The molecule has 3 rings (SSSR count). The third-order valence-corrected chi connectivity index (χ3v) is 4.20. The largest absolute Gasteiger partial charge is 0.465 e. The number of nitrogens with zero attached hydrogens (tertiary/aromatic N) is 3. The number of rotatable bonds is 4. The molecule has 0 spiro atoms. The minimum absolute atomic E-state index is 0.0176. The van der Waals surface area contributed by atoms with E-state index in [0.29, 0.717) is 19.0 Å². The number of nitro groups is 1. The fourth-order valence-electron chi connectivity index (χ4n) is 2.94. The van der Waals surface area contributed by atoms with Gasteiger partial charge in [-0.25, -0.2) is 9.78 Å². The number of pyridine rings is 1. The van der Waals surface area contributed by atoms with Crippen LogP contribution in [0.25, 0.3) is 0 Å². The highest BCUT2D eigenvalue weighted by molar-refractivity contribution is 5.90. The van der Waals surface area contributed by atoms with E-state index in [1.807, 2.05) is 11.8 Å². The molecule has 1 saturated heterocycles. The average molecular weight is 321 g/mol. The van der Waals surface area contributed by atoms with Crippen molar-refractivity contribution in [1.82, 2.24) is 4.98 Å². The second-order valence-corrected chi connectivity index (χ2v) is 6.04. The molecule has 0 bridgehead atoms. The van der Waals surface area contributed by atoms with E-state index in [1.165, 1.54) is 19.4 Å². The first-order chi connectivity index (χ1) is 11.0. The summed E-state index contributed by atoms with van der Waals surface area (Å²) < 4.78 is 10.5. The Balaban J connectivity index is 1.91. The number of carbonyl (C=O) groups excluding carboxylic acids is 1. The van der Waals surface area contributed by atoms with E-state index in [2.05, 4.69) is 9.72 Å². The third-order valence-electron chi connectivity index (χ3n) is 4.20. The summed E-state index contributed by atoms with van der Waals surface area (Å²) in [7, 11) is 1.23. The zero-order chi connectivity index (χ0) is 16.6. The maximum absolute atomic E-state index is 11.6. The highest BCUT2D eigenvalue weighted by atomic mass is 16.6. The summed E-state index contributed by atoms with van der Waals surface area (Å²) in [6.45, 7) is 3.07. The summed E-state index contributed by atoms with van der Waals surface area (Å²) in [5.41, 5.74) is -0.112. The molecule has 1 aromatic rings. The van der Waals surface area contributed by atoms with Crippen molar-refractivity contribution in [3.05, 3.63) is 27.9 Å². The molecule has 2 aliphatic rings. The molecule has 1 aromatic heterocycles. The van der Waals surface area contributed by atoms with Crippen molar-refractivity contribution in [3.63, 3.8) is 0 Å². The maximum atomic E-state index is 11.6. The standard InChI is InChI=1S/C15H19N3O5/c1-9-7-17(8-13(23-9)10-3-4-10)14-12(18(20)21)5-11(6-16-14)15(19)22-2/h5-6,9-10,13H,3-4,7-8H2,1-2H3/t9-,13+/m0/s1. The van der Waals surface area contributed by atoms with E-state index < -0.39 is 10.9 Å². The Morgan fingerprint density at radius 2 is 2.22 bits per heavy atom. The van der Waals surface area contributed by atoms with Crippen LogP contribution in [-0.2, 0) is 9.47 Å². The first-order valence-corrected chi connectivity index (χ1v) is 7.62. The maximum Gasteiger partial charge on any atom is 0.339 e. The topological polar surface area (TPSA) is 94.8 Å². The van der Waals surface area contributed by atoms with Crippen LogP contribution in [0.5, 0.6) is 0 Å². The lowest BCUT2D eigenvalue weighted by molar-refractivity contribution is -0.384. The molecule has 1 saturated carbocycles. The Kier molecular flexibility index (Phi) is 4.16. The predicted molar refractivity (Wildman–Crippen MR) is 81.5 cm³/mol. The van der Waals surface area contributed by atoms with Gasteiger partial charge in [0.2, 0.25) is 5.82 Å². The summed E-state index contributed by atoms with van der Waals surface area (Å²) >= 11 is 0. The van der Waals surface area contributed by atoms with Gasteiger partial charge in [-0.1, -0.05) is 0 Å². The highest BCUT2D eigenvalue weighted by Crippen LogP contribution is 2.38. The van der Waals surface area contributed by atoms with Gasteiger partial charge in [0.1, 0.15) is 0 Å². The highest BCUT2D eigenvalue weighted by Gasteiger charge is 2.39. The molecule has 2 heterocycles. The number of carbonyl (C=O) groups is 1. The molecule has 0 amide bonds. The fraction of sp³-hybridized carbons (Fsp3) is 0.600. The molecular formula is C15H19N3O5. The van der Waals surface area contributed by atoms with Gasteiger partial charge < -0.3 is 14.4 Å². The van der Waals surface area contributed by atoms with E-state index in [-0.39, 0.29) is 29.3 Å². The summed E-state index contributed by atoms with van der Waals surface area (Å²) in [6, 6.07) is 1.22. The summed E-state index contributed by atoms with van der Waals surface area (Å²) in [5.74, 6) is 0.176. The van der Waals surface area contributed by atoms with E-state index in [1.54, 1.807) is 0 Å². The molecule has 0 unspecified atom stereocenters. The number of ether oxygens (including phenoxy) is 2. The van der Waals surface area contributed by atoms with Crippen molar-refractivity contribution >= 4 is 17.5 Å². The zero-order valence-corrected chi connectivity index (χ0v) is 13.1. The van der Waals surface area contributed by atoms with Crippen molar-refractivity contribution in [2.75, 3.05) is 25.1 Å². The normalized spacial score (nSPS) is 24.3. The van der Waals surface area contributed by atoms with Crippen LogP contribution in [0.15, 0.2) is 12.3 Å². The quantitative estimate of drug-likeness (QED) is 0.474. The molecule has 2 atom stereocenters. The Morgan fingerprint density at radius 1 is 1.48 bits per heavy atom. The van der Waals surface area contributed by atoms with Gasteiger partial charge >= 0.3 is 11.7 Å². The van der Waals surface area contributed by atoms with Gasteiger partial charge in [0.25, 0.3) is 0 Å². The van der Waals surface area contributed by atoms with Crippen LogP contribution in [0, 0.1) is 16.0 Å². The van der Waals surface area contributed by atoms with E-state index in [0.717, 1.165) is 12.8 Å². The Morgan fingerprint density at radius 3 is 2.83 bits per heavy atom. The molecule has 2 fully saturated rings. The molecular weight excluding hydrogens is 302 g/mol. The van der Waals surface area contributed by atoms with Crippen LogP contribution in [0.1, 0.15) is 30.1 Å². The molecule has 1 aliphatic heterocycles. The lowest BCUT2D eigenvalue weighted by atomic mass is 10.1. The van der Waals surface area contributed by atoms with Crippen LogP contribution in [-0.4, -0.2) is 48.3 Å². The number of anilines is 1. The van der Waals surface area contributed by atoms with Gasteiger partial charge in [-0.15, -0.1) is 0 Å². The van der Waals surface area contributed by atoms with Crippen LogP contribution in [0.4, 0.5) is 11.5 Å². The minimum atomic E-state index is -0.640. The van der Waals surface area contributed by atoms with Gasteiger partial charge in [0, 0.05) is 25.4 Å². The summed E-state index contributed by atoms with van der Waals surface area (Å²) in [5, 5.41) is 11.4. The van der Waals surface area contributed by atoms with Gasteiger partial charge in [0.15, 0.2) is 0 Å². The number of aromatic nitrogens is 1. The first kappa shape index (κ1) is 15.7. The second-order valence-electron chi connectivity index (χ2n) is 6.04. The summed E-state index contributed by atoms with van der Waals surface area (Å²) in [6.07, 6.45) is 3.67. The van der Waals surface area contributed by atoms with Gasteiger partial charge in [0.05, 0.1) is 29.8 Å². The lowest BCUT2D eigenvalue weighted by Gasteiger charge is -2.37. The Bertz CT molecular complexity index is 632. The molecule has 8 heteroatoms. The van der Waals surface area contributed by atoms with Crippen molar-refractivity contribution in [2.24, 2.45) is 5.92 Å². The van der Waals surface area contributed by atoms with Crippen LogP contribution in [0.2, 0.25) is 0 Å². The van der Waals surface area contributed by atoms with Crippen LogP contribution in [0.3, 0.4) is 0 Å². The van der Waals surface area contributed by atoms with Crippen LogP contribution < -0.4 is 4.90 Å². The molecule has 0 N–H and O–H groups in total. The van der Waals surface area contributed by atoms with Crippen molar-refractivity contribution in [3.8, 4) is 0 Å². The average Bonchev–Trinajstić information content (AvgIpc) is 3.37. The molecule has 124 valence electrons. The molecule has 0 radical (unpaired) electrons. The monoisotopic (exact) mass is 321 g/mol. The number of methoxy groups -OCH3 is 1. The summed E-state index contributed by atoms with van der Waals surface area (Å²) in [4.78, 5) is 28.5. The third kappa shape index (κ3) is 3.26. The second kappa shape index (κ2) is 6.11. The number of morpholine rings is 1. The molecule has 8 nitrogen and oxygen atoms in total. The van der Waals surface area contributed by atoms with Gasteiger partial charge in [-0.2, -0.15) is 0 Å². The van der Waals surface area contributed by atoms with Crippen molar-refractivity contribution < 1.29 is 19.2 Å². The minimum Gasteiger partial charge on any atom is -0.465 e. The van der Waals surface area contributed by atoms with E-state index in [4.69, 9.17) is 4.74 Å². The van der Waals surface area contributed by atoms with Crippen molar-refractivity contribution in [1.29, 1.82) is 0 Å². The van der Waals surface area contributed by atoms with E-state index in [9.17, 15) is 14.9 Å². The molecule has 23 heavy (non-hydrogen) atoms. The fourth-order valence-corrected chi connectivity index (χ4v) is 2.94. The number of hydrogen-bond donors (Lipinski definition) is 0. The number of hydrogen-bond acceptors (Lipinski definition) is 7. The zero-order valence-electron chi connectivity index (χ0n) is 13.1. The predicted octanol–water partition coefficient (Wildman–Crippen LogP) is 1.78. The SMILES string of the molecule is COC(=O)c1cnc(N2C[C@H](C)O[C@@H](C3CC3)C2)c([N+](=O)[O-])c1. The lowest BCUT2D eigenvalue weighted by Crippen LogP contribution is -2.48. The van der Waals surface area contributed by atoms with E-state index >= 15 is 0 Å².